The Morgan fingerprint density at radius 1 is 1.19 bits per heavy atom. The quantitative estimate of drug-likeness (QED) is 0.761. The van der Waals surface area contributed by atoms with Crippen molar-refractivity contribution in [1.82, 2.24) is 5.32 Å². The van der Waals surface area contributed by atoms with Crippen LogP contribution in [0, 0.1) is 17.8 Å². The van der Waals surface area contributed by atoms with Crippen molar-refractivity contribution < 1.29 is 9.90 Å². The standard InChI is InChI=1S/C13H21NO2/c15-8-13(6-3-7-13)14-12(16)11-9-4-1-2-5-10(9)11/h9-11,15H,1-8H2,(H,14,16). The topological polar surface area (TPSA) is 49.3 Å². The van der Waals surface area contributed by atoms with Gasteiger partial charge in [0.2, 0.25) is 5.91 Å². The lowest BCUT2D eigenvalue weighted by Crippen LogP contribution is -2.56. The van der Waals surface area contributed by atoms with Crippen molar-refractivity contribution in [3.8, 4) is 0 Å². The Kier molecular flexibility index (Phi) is 2.46. The largest absolute Gasteiger partial charge is 0.394 e. The van der Waals surface area contributed by atoms with Gasteiger partial charge in [-0.3, -0.25) is 4.79 Å². The number of nitrogens with one attached hydrogen (secondary N) is 1. The molecule has 3 rings (SSSR count). The molecule has 1 amide bonds. The summed E-state index contributed by atoms with van der Waals surface area (Å²) in [6.45, 7) is 0.112. The molecule has 3 nitrogen and oxygen atoms in total. The number of hydrogen-bond acceptors (Lipinski definition) is 2. The Morgan fingerprint density at radius 2 is 1.81 bits per heavy atom. The van der Waals surface area contributed by atoms with Crippen LogP contribution in [0.3, 0.4) is 0 Å². The first-order valence-corrected chi connectivity index (χ1v) is 6.69. The highest BCUT2D eigenvalue weighted by molar-refractivity contribution is 5.83. The van der Waals surface area contributed by atoms with Gasteiger partial charge in [-0.25, -0.2) is 0 Å². The third-order valence-electron chi connectivity index (χ3n) is 4.96. The van der Waals surface area contributed by atoms with Crippen LogP contribution in [0.25, 0.3) is 0 Å². The third-order valence-corrected chi connectivity index (χ3v) is 4.96. The van der Waals surface area contributed by atoms with E-state index in [1.165, 1.54) is 25.7 Å². The summed E-state index contributed by atoms with van der Waals surface area (Å²) in [7, 11) is 0. The molecule has 3 heteroatoms. The van der Waals surface area contributed by atoms with Crippen LogP contribution in [0.4, 0.5) is 0 Å². The fourth-order valence-electron chi connectivity index (χ4n) is 3.65. The smallest absolute Gasteiger partial charge is 0.224 e. The molecule has 3 fully saturated rings. The van der Waals surface area contributed by atoms with Crippen LogP contribution in [0.1, 0.15) is 44.9 Å². The van der Waals surface area contributed by atoms with Crippen molar-refractivity contribution in [3.05, 3.63) is 0 Å². The minimum absolute atomic E-state index is 0.112. The van der Waals surface area contributed by atoms with E-state index < -0.39 is 0 Å². The first-order valence-electron chi connectivity index (χ1n) is 6.69. The van der Waals surface area contributed by atoms with Gasteiger partial charge in [0, 0.05) is 5.92 Å². The van der Waals surface area contributed by atoms with Gasteiger partial charge >= 0.3 is 0 Å². The summed E-state index contributed by atoms with van der Waals surface area (Å²) in [5.74, 6) is 1.85. The second kappa shape index (κ2) is 3.73. The number of aliphatic hydroxyl groups excluding tert-OH is 1. The number of carbonyl (C=O) groups excluding carboxylic acids is 1. The van der Waals surface area contributed by atoms with Gasteiger partial charge in [0.15, 0.2) is 0 Å². The normalized spacial score (nSPS) is 39.4. The van der Waals surface area contributed by atoms with Crippen molar-refractivity contribution in [1.29, 1.82) is 0 Å². The number of rotatable bonds is 3. The van der Waals surface area contributed by atoms with Crippen molar-refractivity contribution in [3.63, 3.8) is 0 Å². The summed E-state index contributed by atoms with van der Waals surface area (Å²) >= 11 is 0. The summed E-state index contributed by atoms with van der Waals surface area (Å²) in [6, 6.07) is 0. The maximum atomic E-state index is 12.1. The molecule has 0 bridgehead atoms. The van der Waals surface area contributed by atoms with Crippen molar-refractivity contribution in [2.45, 2.75) is 50.5 Å². The van der Waals surface area contributed by atoms with Crippen LogP contribution >= 0.6 is 0 Å². The zero-order valence-corrected chi connectivity index (χ0v) is 9.74. The van der Waals surface area contributed by atoms with E-state index in [9.17, 15) is 9.90 Å². The summed E-state index contributed by atoms with van der Waals surface area (Å²) < 4.78 is 0. The molecule has 0 heterocycles. The average Bonchev–Trinajstić information content (AvgIpc) is 2.97. The van der Waals surface area contributed by atoms with Crippen LogP contribution in [0.5, 0.6) is 0 Å². The number of hydrogen-bond donors (Lipinski definition) is 2. The fraction of sp³-hybridized carbons (Fsp3) is 0.923. The monoisotopic (exact) mass is 223 g/mol. The Morgan fingerprint density at radius 3 is 2.25 bits per heavy atom. The number of aliphatic hydroxyl groups is 1. The molecule has 2 atom stereocenters. The molecular weight excluding hydrogens is 202 g/mol. The van der Waals surface area contributed by atoms with Crippen molar-refractivity contribution in [2.75, 3.05) is 6.61 Å². The van der Waals surface area contributed by atoms with Crippen LogP contribution in [0.15, 0.2) is 0 Å². The van der Waals surface area contributed by atoms with Gasteiger partial charge in [0.05, 0.1) is 12.1 Å². The van der Waals surface area contributed by atoms with E-state index in [1.54, 1.807) is 0 Å². The van der Waals surface area contributed by atoms with Crippen molar-refractivity contribution >= 4 is 5.91 Å². The fourth-order valence-corrected chi connectivity index (χ4v) is 3.65. The summed E-state index contributed by atoms with van der Waals surface area (Å²) in [4.78, 5) is 12.1. The van der Waals surface area contributed by atoms with Crippen molar-refractivity contribution in [2.24, 2.45) is 17.8 Å². The van der Waals surface area contributed by atoms with E-state index >= 15 is 0 Å². The highest BCUT2D eigenvalue weighted by Crippen LogP contribution is 2.55. The lowest BCUT2D eigenvalue weighted by atomic mass is 9.77. The maximum absolute atomic E-state index is 12.1. The lowest BCUT2D eigenvalue weighted by molar-refractivity contribution is -0.126. The molecular formula is C13H21NO2. The number of carbonyl (C=O) groups is 1. The highest BCUT2D eigenvalue weighted by Gasteiger charge is 2.56. The summed E-state index contributed by atoms with van der Waals surface area (Å²) in [5.41, 5.74) is -0.247. The molecule has 2 unspecified atom stereocenters. The SMILES string of the molecule is O=C(NC1(CO)CCC1)C1C2CCCCC21. The molecule has 0 aliphatic heterocycles. The molecule has 0 aromatic carbocycles. The Bertz CT molecular complexity index is 281. The zero-order chi connectivity index (χ0) is 11.2. The third kappa shape index (κ3) is 1.56. The van der Waals surface area contributed by atoms with Crippen LogP contribution in [-0.2, 0) is 4.79 Å². The van der Waals surface area contributed by atoms with E-state index in [2.05, 4.69) is 5.32 Å². The minimum atomic E-state index is -0.247. The Labute approximate surface area is 96.6 Å². The molecule has 0 saturated heterocycles. The summed E-state index contributed by atoms with van der Waals surface area (Å²) in [6.07, 6.45) is 8.14. The molecule has 0 aromatic heterocycles. The highest BCUT2D eigenvalue weighted by atomic mass is 16.3. The predicted molar refractivity (Wildman–Crippen MR) is 60.7 cm³/mol. The second-order valence-electron chi connectivity index (χ2n) is 5.92. The molecule has 16 heavy (non-hydrogen) atoms. The van der Waals surface area contributed by atoms with E-state index in [0.717, 1.165) is 19.3 Å². The molecule has 3 saturated carbocycles. The Balaban J connectivity index is 1.58. The van der Waals surface area contributed by atoms with Gasteiger partial charge in [-0.2, -0.15) is 0 Å². The molecule has 3 aliphatic carbocycles. The van der Waals surface area contributed by atoms with E-state index in [-0.39, 0.29) is 24.0 Å². The molecule has 0 aromatic rings. The zero-order valence-electron chi connectivity index (χ0n) is 9.74. The van der Waals surface area contributed by atoms with Crippen LogP contribution < -0.4 is 5.32 Å². The minimum Gasteiger partial charge on any atom is -0.394 e. The molecule has 90 valence electrons. The van der Waals surface area contributed by atoms with Crippen LogP contribution in [0.2, 0.25) is 0 Å². The van der Waals surface area contributed by atoms with E-state index in [0.29, 0.717) is 11.8 Å². The number of amides is 1. The maximum Gasteiger partial charge on any atom is 0.224 e. The number of fused-ring (bicyclic) bond motifs is 1. The van der Waals surface area contributed by atoms with Gasteiger partial charge in [-0.1, -0.05) is 12.8 Å². The van der Waals surface area contributed by atoms with Gasteiger partial charge in [-0.15, -0.1) is 0 Å². The molecule has 0 spiro atoms. The van der Waals surface area contributed by atoms with Gasteiger partial charge in [0.1, 0.15) is 0 Å². The second-order valence-corrected chi connectivity index (χ2v) is 5.92. The van der Waals surface area contributed by atoms with Gasteiger partial charge in [0.25, 0.3) is 0 Å². The summed E-state index contributed by atoms with van der Waals surface area (Å²) in [5, 5.41) is 12.4. The first kappa shape index (κ1) is 10.6. The molecule has 0 radical (unpaired) electrons. The van der Waals surface area contributed by atoms with E-state index in [1.807, 2.05) is 0 Å². The average molecular weight is 223 g/mol. The molecule has 3 aliphatic rings. The lowest BCUT2D eigenvalue weighted by Gasteiger charge is -2.41. The predicted octanol–water partition coefficient (Wildman–Crippen LogP) is 1.45. The van der Waals surface area contributed by atoms with Gasteiger partial charge < -0.3 is 10.4 Å². The van der Waals surface area contributed by atoms with E-state index in [4.69, 9.17) is 0 Å². The van der Waals surface area contributed by atoms with Crippen LogP contribution in [-0.4, -0.2) is 23.2 Å². The molecule has 2 N–H and O–H groups in total. The van der Waals surface area contributed by atoms with Gasteiger partial charge in [-0.05, 0) is 43.9 Å². The first-order chi connectivity index (χ1) is 7.76. The Hall–Kier alpha value is -0.570.